The minimum atomic E-state index is -0.786. The lowest BCUT2D eigenvalue weighted by Gasteiger charge is -2.10. The molecule has 0 heterocycles. The molecular formula is C11H15NO3. The molecule has 0 spiro atoms. The number of carbonyl (C=O) groups excluding carboxylic acids is 1. The molecule has 0 aliphatic rings. The zero-order valence-corrected chi connectivity index (χ0v) is 8.60. The fourth-order valence-corrected chi connectivity index (χ4v) is 1.15. The summed E-state index contributed by atoms with van der Waals surface area (Å²) in [5.41, 5.74) is 1.38. The van der Waals surface area contributed by atoms with E-state index in [1.807, 2.05) is 0 Å². The van der Waals surface area contributed by atoms with Crippen molar-refractivity contribution in [1.29, 1.82) is 0 Å². The van der Waals surface area contributed by atoms with E-state index in [9.17, 15) is 4.79 Å². The molecule has 0 saturated heterocycles. The van der Waals surface area contributed by atoms with Gasteiger partial charge in [0.2, 0.25) is 0 Å². The third kappa shape index (κ3) is 3.69. The van der Waals surface area contributed by atoms with Gasteiger partial charge in [0.1, 0.15) is 0 Å². The molecule has 1 aromatic carbocycles. The number of rotatable bonds is 5. The Bertz CT molecular complexity index is 338. The van der Waals surface area contributed by atoms with E-state index in [1.165, 1.54) is 6.92 Å². The van der Waals surface area contributed by atoms with E-state index in [0.29, 0.717) is 5.56 Å². The highest BCUT2D eigenvalue weighted by Gasteiger charge is 2.03. The molecule has 0 aromatic heterocycles. The maximum atomic E-state index is 11.1. The number of hydrogen-bond acceptors (Lipinski definition) is 4. The predicted molar refractivity (Wildman–Crippen MR) is 58.0 cm³/mol. The van der Waals surface area contributed by atoms with E-state index in [2.05, 4.69) is 5.32 Å². The second kappa shape index (κ2) is 5.48. The Labute approximate surface area is 88.6 Å². The van der Waals surface area contributed by atoms with Crippen molar-refractivity contribution in [2.75, 3.05) is 18.5 Å². The minimum Gasteiger partial charge on any atom is -0.394 e. The second-order valence-corrected chi connectivity index (χ2v) is 3.35. The number of carbonyl (C=O) groups is 1. The molecule has 4 nitrogen and oxygen atoms in total. The highest BCUT2D eigenvalue weighted by Crippen LogP contribution is 2.10. The SMILES string of the molecule is CC(=O)c1cccc(NCC(O)CO)c1. The lowest BCUT2D eigenvalue weighted by Crippen LogP contribution is -2.22. The molecule has 0 saturated carbocycles. The summed E-state index contributed by atoms with van der Waals surface area (Å²) in [5.74, 6) is 0.00126. The van der Waals surface area contributed by atoms with Gasteiger partial charge < -0.3 is 15.5 Å². The molecule has 1 rings (SSSR count). The lowest BCUT2D eigenvalue weighted by atomic mass is 10.1. The van der Waals surface area contributed by atoms with Gasteiger partial charge in [-0.3, -0.25) is 4.79 Å². The standard InChI is InChI=1S/C11H15NO3/c1-8(14)9-3-2-4-10(5-9)12-6-11(15)7-13/h2-5,11-13,15H,6-7H2,1H3. The normalized spacial score (nSPS) is 12.2. The number of hydrogen-bond donors (Lipinski definition) is 3. The van der Waals surface area contributed by atoms with Crippen LogP contribution in [-0.2, 0) is 0 Å². The fraction of sp³-hybridized carbons (Fsp3) is 0.364. The van der Waals surface area contributed by atoms with Crippen LogP contribution in [0.25, 0.3) is 0 Å². The van der Waals surface area contributed by atoms with Crippen molar-refractivity contribution in [1.82, 2.24) is 0 Å². The Morgan fingerprint density at radius 3 is 2.87 bits per heavy atom. The first kappa shape index (κ1) is 11.7. The van der Waals surface area contributed by atoms with Crippen molar-refractivity contribution >= 4 is 11.5 Å². The van der Waals surface area contributed by atoms with Crippen LogP contribution in [0.4, 0.5) is 5.69 Å². The molecule has 1 aromatic rings. The first-order valence-corrected chi connectivity index (χ1v) is 4.77. The summed E-state index contributed by atoms with van der Waals surface area (Å²) in [5, 5.41) is 20.7. The molecule has 0 fully saturated rings. The van der Waals surface area contributed by atoms with Gasteiger partial charge in [0.15, 0.2) is 5.78 Å². The Kier molecular flexibility index (Phi) is 4.27. The van der Waals surface area contributed by atoms with E-state index >= 15 is 0 Å². The summed E-state index contributed by atoms with van der Waals surface area (Å²) in [6.07, 6.45) is -0.786. The van der Waals surface area contributed by atoms with Crippen LogP contribution in [0.2, 0.25) is 0 Å². The topological polar surface area (TPSA) is 69.6 Å². The van der Waals surface area contributed by atoms with Gasteiger partial charge in [0, 0.05) is 17.8 Å². The molecule has 15 heavy (non-hydrogen) atoms. The van der Waals surface area contributed by atoms with Crippen molar-refractivity contribution in [3.05, 3.63) is 29.8 Å². The van der Waals surface area contributed by atoms with Crippen LogP contribution in [0.15, 0.2) is 24.3 Å². The van der Waals surface area contributed by atoms with E-state index in [0.717, 1.165) is 5.69 Å². The Hall–Kier alpha value is -1.39. The molecule has 3 N–H and O–H groups in total. The molecule has 0 radical (unpaired) electrons. The molecule has 82 valence electrons. The summed E-state index contributed by atoms with van der Waals surface area (Å²) in [4.78, 5) is 11.1. The molecule has 0 aliphatic carbocycles. The van der Waals surface area contributed by atoms with Crippen LogP contribution in [-0.4, -0.2) is 35.3 Å². The van der Waals surface area contributed by atoms with Gasteiger partial charge in [-0.2, -0.15) is 0 Å². The molecular weight excluding hydrogens is 194 g/mol. The number of aliphatic hydroxyl groups is 2. The minimum absolute atomic E-state index is 0.00126. The van der Waals surface area contributed by atoms with E-state index in [1.54, 1.807) is 24.3 Å². The highest BCUT2D eigenvalue weighted by atomic mass is 16.3. The maximum Gasteiger partial charge on any atom is 0.159 e. The number of ketones is 1. The summed E-state index contributed by atoms with van der Waals surface area (Å²) < 4.78 is 0. The summed E-state index contributed by atoms with van der Waals surface area (Å²) in [7, 11) is 0. The molecule has 0 bridgehead atoms. The molecule has 1 unspecified atom stereocenters. The zero-order chi connectivity index (χ0) is 11.3. The molecule has 0 amide bonds. The Morgan fingerprint density at radius 2 is 2.27 bits per heavy atom. The first-order valence-electron chi connectivity index (χ1n) is 4.77. The van der Waals surface area contributed by atoms with Crippen LogP contribution in [0.5, 0.6) is 0 Å². The number of benzene rings is 1. The molecule has 0 aliphatic heterocycles. The average Bonchev–Trinajstić information content (AvgIpc) is 2.26. The van der Waals surface area contributed by atoms with Crippen LogP contribution in [0.1, 0.15) is 17.3 Å². The van der Waals surface area contributed by atoms with Gasteiger partial charge >= 0.3 is 0 Å². The van der Waals surface area contributed by atoms with Crippen molar-refractivity contribution in [2.24, 2.45) is 0 Å². The Morgan fingerprint density at radius 1 is 1.53 bits per heavy atom. The van der Waals surface area contributed by atoms with Crippen molar-refractivity contribution in [2.45, 2.75) is 13.0 Å². The maximum absolute atomic E-state index is 11.1. The van der Waals surface area contributed by atoms with Crippen molar-refractivity contribution in [3.63, 3.8) is 0 Å². The number of nitrogens with one attached hydrogen (secondary N) is 1. The van der Waals surface area contributed by atoms with Gasteiger partial charge in [-0.25, -0.2) is 0 Å². The van der Waals surface area contributed by atoms with E-state index in [-0.39, 0.29) is 18.9 Å². The number of Topliss-reactive ketones (excluding diaryl/α,β-unsaturated/α-hetero) is 1. The monoisotopic (exact) mass is 209 g/mol. The van der Waals surface area contributed by atoms with Gasteiger partial charge in [-0.05, 0) is 19.1 Å². The quantitative estimate of drug-likeness (QED) is 0.623. The third-order valence-corrected chi connectivity index (χ3v) is 2.02. The summed E-state index contributed by atoms with van der Waals surface area (Å²) >= 11 is 0. The summed E-state index contributed by atoms with van der Waals surface area (Å²) in [6.45, 7) is 1.49. The van der Waals surface area contributed by atoms with Crippen LogP contribution < -0.4 is 5.32 Å². The third-order valence-electron chi connectivity index (χ3n) is 2.02. The second-order valence-electron chi connectivity index (χ2n) is 3.35. The molecule has 4 heteroatoms. The van der Waals surface area contributed by atoms with Crippen LogP contribution in [0.3, 0.4) is 0 Å². The number of anilines is 1. The predicted octanol–water partition coefficient (Wildman–Crippen LogP) is 0.654. The summed E-state index contributed by atoms with van der Waals surface area (Å²) in [6, 6.07) is 7.02. The lowest BCUT2D eigenvalue weighted by molar-refractivity contribution is 0.101. The van der Waals surface area contributed by atoms with Gasteiger partial charge in [0.25, 0.3) is 0 Å². The van der Waals surface area contributed by atoms with Gasteiger partial charge in [-0.1, -0.05) is 12.1 Å². The van der Waals surface area contributed by atoms with Gasteiger partial charge in [-0.15, -0.1) is 0 Å². The Balaban J connectivity index is 2.62. The van der Waals surface area contributed by atoms with Gasteiger partial charge in [0.05, 0.1) is 12.7 Å². The highest BCUT2D eigenvalue weighted by molar-refractivity contribution is 5.94. The van der Waals surface area contributed by atoms with E-state index in [4.69, 9.17) is 10.2 Å². The first-order chi connectivity index (χ1) is 7.13. The zero-order valence-electron chi connectivity index (χ0n) is 8.60. The molecule has 1 atom stereocenters. The largest absolute Gasteiger partial charge is 0.394 e. The van der Waals surface area contributed by atoms with Crippen LogP contribution in [0, 0.1) is 0 Å². The van der Waals surface area contributed by atoms with Crippen molar-refractivity contribution < 1.29 is 15.0 Å². The average molecular weight is 209 g/mol. The van der Waals surface area contributed by atoms with Crippen LogP contribution >= 0.6 is 0 Å². The fourth-order valence-electron chi connectivity index (χ4n) is 1.15. The van der Waals surface area contributed by atoms with Crippen molar-refractivity contribution in [3.8, 4) is 0 Å². The number of aliphatic hydroxyl groups excluding tert-OH is 2. The smallest absolute Gasteiger partial charge is 0.159 e. The van der Waals surface area contributed by atoms with E-state index < -0.39 is 6.10 Å².